The Morgan fingerprint density at radius 3 is 2.84 bits per heavy atom. The van der Waals surface area contributed by atoms with E-state index in [9.17, 15) is 9.59 Å². The van der Waals surface area contributed by atoms with Crippen molar-refractivity contribution in [3.63, 3.8) is 0 Å². The van der Waals surface area contributed by atoms with Crippen LogP contribution in [0.25, 0.3) is 0 Å². The summed E-state index contributed by atoms with van der Waals surface area (Å²) in [6.45, 7) is 1.94. The van der Waals surface area contributed by atoms with Crippen molar-refractivity contribution < 1.29 is 9.59 Å². The van der Waals surface area contributed by atoms with Gasteiger partial charge in [-0.1, -0.05) is 19.3 Å². The lowest BCUT2D eigenvalue weighted by Gasteiger charge is -2.30. The summed E-state index contributed by atoms with van der Waals surface area (Å²) in [7, 11) is 0. The summed E-state index contributed by atoms with van der Waals surface area (Å²) in [5, 5.41) is 5.16. The summed E-state index contributed by atoms with van der Waals surface area (Å²) in [5.74, 6) is 0.536. The Morgan fingerprint density at radius 1 is 1.28 bits per heavy atom. The summed E-state index contributed by atoms with van der Waals surface area (Å²) in [6.07, 6.45) is 7.53. The number of nitrogens with two attached hydrogens (primary N) is 1. The highest BCUT2D eigenvalue weighted by Gasteiger charge is 2.25. The molecule has 0 aromatic carbocycles. The number of hydrogen-bond acceptors (Lipinski definition) is 4. The van der Waals surface area contributed by atoms with E-state index >= 15 is 0 Å². The van der Waals surface area contributed by atoms with Crippen LogP contribution >= 0.6 is 11.3 Å². The van der Waals surface area contributed by atoms with Crippen LogP contribution < -0.4 is 11.1 Å². The van der Waals surface area contributed by atoms with Crippen molar-refractivity contribution in [1.29, 1.82) is 0 Å². The number of nitrogens with one attached hydrogen (secondary N) is 1. The smallest absolute Gasteiger partial charge is 0.223 e. The van der Waals surface area contributed by atoms with Crippen molar-refractivity contribution in [1.82, 2.24) is 10.2 Å². The molecule has 5 nitrogen and oxygen atoms in total. The number of carbonyl (C=O) groups excluding carboxylic acids is 2. The molecule has 0 saturated heterocycles. The van der Waals surface area contributed by atoms with Gasteiger partial charge in [0.2, 0.25) is 11.8 Å². The average Bonchev–Trinajstić information content (AvgIpc) is 3.12. The van der Waals surface area contributed by atoms with Crippen LogP contribution in [-0.4, -0.2) is 35.8 Å². The molecule has 3 rings (SSSR count). The first-order chi connectivity index (χ1) is 12.2. The van der Waals surface area contributed by atoms with Crippen molar-refractivity contribution in [3.8, 4) is 0 Å². The van der Waals surface area contributed by atoms with Gasteiger partial charge in [-0.3, -0.25) is 9.59 Å². The van der Waals surface area contributed by atoms with Gasteiger partial charge >= 0.3 is 0 Å². The minimum absolute atomic E-state index is 0.0393. The van der Waals surface area contributed by atoms with Crippen LogP contribution in [0.3, 0.4) is 0 Å². The second kappa shape index (κ2) is 8.81. The monoisotopic (exact) mass is 363 g/mol. The fraction of sp³-hybridized carbons (Fsp3) is 0.684. The topological polar surface area (TPSA) is 75.4 Å². The van der Waals surface area contributed by atoms with Gasteiger partial charge in [0, 0.05) is 43.4 Å². The molecule has 0 spiro atoms. The lowest BCUT2D eigenvalue weighted by Crippen LogP contribution is -2.46. The Morgan fingerprint density at radius 2 is 2.08 bits per heavy atom. The Hall–Kier alpha value is -1.40. The number of nitrogens with zero attached hydrogens (tertiary/aromatic N) is 1. The van der Waals surface area contributed by atoms with Crippen LogP contribution in [0.1, 0.15) is 55.4 Å². The number of fused-ring (bicyclic) bond motifs is 1. The van der Waals surface area contributed by atoms with E-state index in [1.807, 2.05) is 4.90 Å². The SMILES string of the molecule is NCC(NC(=O)CCC(=O)N1CCc2sccc2C1)C1CCCCC1. The van der Waals surface area contributed by atoms with Gasteiger partial charge in [-0.25, -0.2) is 0 Å². The Balaban J connectivity index is 1.43. The maximum Gasteiger partial charge on any atom is 0.223 e. The molecule has 3 N–H and O–H groups in total. The largest absolute Gasteiger partial charge is 0.352 e. The van der Waals surface area contributed by atoms with Gasteiger partial charge in [0.05, 0.1) is 0 Å². The Kier molecular flexibility index (Phi) is 6.48. The Bertz CT molecular complexity index is 595. The molecule has 0 radical (unpaired) electrons. The highest BCUT2D eigenvalue weighted by Crippen LogP contribution is 2.26. The lowest BCUT2D eigenvalue weighted by molar-refractivity contribution is -0.134. The zero-order valence-corrected chi connectivity index (χ0v) is 15.7. The van der Waals surface area contributed by atoms with Crippen molar-refractivity contribution in [3.05, 3.63) is 21.9 Å². The summed E-state index contributed by atoms with van der Waals surface area (Å²) >= 11 is 1.77. The number of carbonyl (C=O) groups is 2. The van der Waals surface area contributed by atoms with E-state index in [-0.39, 0.29) is 30.7 Å². The average molecular weight is 364 g/mol. The maximum atomic E-state index is 12.4. The molecule has 1 atom stereocenters. The fourth-order valence-corrected chi connectivity index (χ4v) is 4.91. The first-order valence-corrected chi connectivity index (χ1v) is 10.4. The van der Waals surface area contributed by atoms with E-state index in [2.05, 4.69) is 16.8 Å². The zero-order valence-electron chi connectivity index (χ0n) is 14.8. The summed E-state index contributed by atoms with van der Waals surface area (Å²) in [6, 6.07) is 2.16. The predicted octanol–water partition coefficient (Wildman–Crippen LogP) is 2.44. The van der Waals surface area contributed by atoms with Crippen LogP contribution in [-0.2, 0) is 22.6 Å². The molecule has 6 heteroatoms. The molecule has 1 fully saturated rings. The summed E-state index contributed by atoms with van der Waals surface area (Å²) < 4.78 is 0. The van der Waals surface area contributed by atoms with Crippen molar-refractivity contribution in [2.24, 2.45) is 11.7 Å². The molecule has 0 bridgehead atoms. The van der Waals surface area contributed by atoms with Crippen molar-refractivity contribution in [2.75, 3.05) is 13.1 Å². The fourth-order valence-electron chi connectivity index (χ4n) is 4.02. The highest BCUT2D eigenvalue weighted by atomic mass is 32.1. The summed E-state index contributed by atoms with van der Waals surface area (Å²) in [4.78, 5) is 27.9. The van der Waals surface area contributed by atoms with E-state index in [0.29, 0.717) is 19.0 Å². The number of thiophene rings is 1. The number of rotatable bonds is 6. The van der Waals surface area contributed by atoms with Crippen LogP contribution in [0.15, 0.2) is 11.4 Å². The second-order valence-corrected chi connectivity index (χ2v) is 8.24. The third kappa shape index (κ3) is 4.82. The van der Waals surface area contributed by atoms with Gasteiger partial charge in [-0.15, -0.1) is 11.3 Å². The van der Waals surface area contributed by atoms with Gasteiger partial charge < -0.3 is 16.0 Å². The first kappa shape index (κ1) is 18.4. The second-order valence-electron chi connectivity index (χ2n) is 7.24. The molecule has 2 amide bonds. The molecular weight excluding hydrogens is 334 g/mol. The molecule has 2 aliphatic rings. The summed E-state index contributed by atoms with van der Waals surface area (Å²) in [5.41, 5.74) is 7.13. The predicted molar refractivity (Wildman–Crippen MR) is 100 cm³/mol. The standard InChI is InChI=1S/C19H29N3O2S/c20-12-16(14-4-2-1-3-5-14)21-18(23)6-7-19(24)22-10-8-17-15(13-22)9-11-25-17/h9,11,14,16H,1-8,10,12-13,20H2,(H,21,23). The molecule has 1 aromatic heterocycles. The molecule has 25 heavy (non-hydrogen) atoms. The van der Waals surface area contributed by atoms with Gasteiger partial charge in [0.15, 0.2) is 0 Å². The number of amides is 2. The molecule has 1 aliphatic heterocycles. The highest BCUT2D eigenvalue weighted by molar-refractivity contribution is 7.10. The normalized spacial score (nSPS) is 19.3. The molecule has 1 aromatic rings. The molecule has 2 heterocycles. The molecule has 1 aliphatic carbocycles. The quantitative estimate of drug-likeness (QED) is 0.815. The molecule has 138 valence electrons. The minimum Gasteiger partial charge on any atom is -0.352 e. The maximum absolute atomic E-state index is 12.4. The lowest BCUT2D eigenvalue weighted by atomic mass is 9.84. The van der Waals surface area contributed by atoms with E-state index in [1.54, 1.807) is 11.3 Å². The zero-order chi connectivity index (χ0) is 17.6. The van der Waals surface area contributed by atoms with Gasteiger partial charge in [0.1, 0.15) is 0 Å². The first-order valence-electron chi connectivity index (χ1n) is 9.50. The van der Waals surface area contributed by atoms with Crippen LogP contribution in [0.5, 0.6) is 0 Å². The Labute approximate surface area is 154 Å². The van der Waals surface area contributed by atoms with E-state index < -0.39 is 0 Å². The van der Waals surface area contributed by atoms with E-state index in [0.717, 1.165) is 25.8 Å². The third-order valence-corrected chi connectivity index (χ3v) is 6.57. The molecule has 1 unspecified atom stereocenters. The van der Waals surface area contributed by atoms with Crippen LogP contribution in [0.2, 0.25) is 0 Å². The molecular formula is C19H29N3O2S. The van der Waals surface area contributed by atoms with Crippen LogP contribution in [0, 0.1) is 5.92 Å². The van der Waals surface area contributed by atoms with Crippen molar-refractivity contribution >= 4 is 23.2 Å². The van der Waals surface area contributed by atoms with Gasteiger partial charge in [-0.05, 0) is 42.2 Å². The number of hydrogen-bond donors (Lipinski definition) is 2. The molecule has 1 saturated carbocycles. The minimum atomic E-state index is -0.0393. The van der Waals surface area contributed by atoms with Crippen molar-refractivity contribution in [2.45, 2.75) is 64.0 Å². The van der Waals surface area contributed by atoms with Gasteiger partial charge in [0.25, 0.3) is 0 Å². The van der Waals surface area contributed by atoms with E-state index in [1.165, 1.54) is 29.7 Å². The van der Waals surface area contributed by atoms with Crippen LogP contribution in [0.4, 0.5) is 0 Å². The van der Waals surface area contributed by atoms with E-state index in [4.69, 9.17) is 5.73 Å². The third-order valence-electron chi connectivity index (χ3n) is 5.55. The van der Waals surface area contributed by atoms with Gasteiger partial charge in [-0.2, -0.15) is 0 Å².